The van der Waals surface area contributed by atoms with Gasteiger partial charge in [-0.25, -0.2) is 4.98 Å². The van der Waals surface area contributed by atoms with Crippen LogP contribution in [0.1, 0.15) is 218 Å². The van der Waals surface area contributed by atoms with E-state index in [1.54, 1.807) is 0 Å². The molecule has 1 aromatic heterocycles. The monoisotopic (exact) mass is 641 g/mol. The lowest BCUT2D eigenvalue weighted by molar-refractivity contribution is -0.117. The van der Waals surface area contributed by atoms with Gasteiger partial charge in [-0.3, -0.25) is 14.9 Å². The summed E-state index contributed by atoms with van der Waals surface area (Å²) in [7, 11) is 0. The lowest BCUT2D eigenvalue weighted by Gasteiger charge is -2.19. The van der Waals surface area contributed by atoms with E-state index in [4.69, 9.17) is 0 Å². The van der Waals surface area contributed by atoms with Crippen LogP contribution in [0.5, 0.6) is 0 Å². The van der Waals surface area contributed by atoms with Gasteiger partial charge in [-0.15, -0.1) is 0 Å². The molecule has 0 saturated carbocycles. The number of carbonyl (C=O) groups is 2. The minimum Gasteiger partial charge on any atom is -0.310 e. The van der Waals surface area contributed by atoms with Gasteiger partial charge in [0, 0.05) is 18.4 Å². The lowest BCUT2D eigenvalue weighted by atomic mass is 9.96. The van der Waals surface area contributed by atoms with E-state index in [1.165, 1.54) is 141 Å². The van der Waals surface area contributed by atoms with Crippen LogP contribution in [-0.2, 0) is 22.4 Å². The maximum absolute atomic E-state index is 12.8. The van der Waals surface area contributed by atoms with E-state index >= 15 is 0 Å². The summed E-state index contributed by atoms with van der Waals surface area (Å²) < 4.78 is 0. The molecule has 2 N–H and O–H groups in total. The van der Waals surface area contributed by atoms with Crippen molar-refractivity contribution in [2.24, 2.45) is 0 Å². The van der Waals surface area contributed by atoms with Crippen LogP contribution >= 0.6 is 0 Å². The number of nitrogens with zero attached hydrogens (tertiary/aromatic N) is 2. The third-order valence-corrected chi connectivity index (χ3v) is 9.71. The van der Waals surface area contributed by atoms with Gasteiger partial charge in [0.15, 0.2) is 0 Å². The van der Waals surface area contributed by atoms with Crippen molar-refractivity contribution in [1.29, 1.82) is 0 Å². The molecule has 6 heteroatoms. The Balaban J connectivity index is 1.58. The maximum Gasteiger partial charge on any atom is 0.231 e. The van der Waals surface area contributed by atoms with Gasteiger partial charge in [-0.05, 0) is 38.5 Å². The van der Waals surface area contributed by atoms with E-state index in [1.807, 2.05) is 0 Å². The Bertz CT molecular complexity index is 919. The molecule has 1 aromatic rings. The molecule has 0 fully saturated rings. The highest BCUT2D eigenvalue weighted by Crippen LogP contribution is 2.27. The second-order valence-corrected chi connectivity index (χ2v) is 14.1. The molecule has 1 aliphatic carbocycles. The molecule has 2 amide bonds. The predicted molar refractivity (Wildman–Crippen MR) is 197 cm³/mol. The highest BCUT2D eigenvalue weighted by molar-refractivity contribution is 5.92. The summed E-state index contributed by atoms with van der Waals surface area (Å²) in [5.41, 5.74) is 2.04. The number of anilines is 2. The van der Waals surface area contributed by atoms with Gasteiger partial charge >= 0.3 is 0 Å². The molecule has 0 atom stereocenters. The summed E-state index contributed by atoms with van der Waals surface area (Å²) in [6.45, 7) is 4.55. The third-order valence-electron chi connectivity index (χ3n) is 9.71. The van der Waals surface area contributed by atoms with E-state index < -0.39 is 0 Å². The summed E-state index contributed by atoms with van der Waals surface area (Å²) in [6.07, 6.45) is 38.6. The van der Waals surface area contributed by atoms with Crippen molar-refractivity contribution >= 4 is 23.6 Å². The number of hydrogen-bond acceptors (Lipinski definition) is 4. The van der Waals surface area contributed by atoms with E-state index in [0.717, 1.165) is 62.6 Å². The molecule has 0 spiro atoms. The molecule has 264 valence electrons. The minimum absolute atomic E-state index is 0.0249. The molecule has 0 saturated heterocycles. The molecule has 46 heavy (non-hydrogen) atoms. The Morgan fingerprint density at radius 2 is 0.848 bits per heavy atom. The molecule has 2 rings (SSSR count). The Hall–Kier alpha value is -1.98. The molecule has 0 aromatic carbocycles. The summed E-state index contributed by atoms with van der Waals surface area (Å²) in [6, 6.07) is 0. The largest absolute Gasteiger partial charge is 0.310 e. The molecule has 0 aliphatic heterocycles. The zero-order chi connectivity index (χ0) is 32.9. The number of aryl methyl sites for hydroxylation is 1. The highest BCUT2D eigenvalue weighted by atomic mass is 16.2. The fourth-order valence-corrected chi connectivity index (χ4v) is 6.74. The summed E-state index contributed by atoms with van der Waals surface area (Å²) in [5.74, 6) is 0.958. The molecule has 0 bridgehead atoms. The average Bonchev–Trinajstić information content (AvgIpc) is 3.05. The number of nitrogens with one attached hydrogen (secondary N) is 2. The van der Waals surface area contributed by atoms with Crippen molar-refractivity contribution in [1.82, 2.24) is 9.97 Å². The Morgan fingerprint density at radius 3 is 1.28 bits per heavy atom. The minimum atomic E-state index is -0.0249. The number of carbonyl (C=O) groups excluding carboxylic acids is 2. The van der Waals surface area contributed by atoms with Crippen LogP contribution in [0.4, 0.5) is 11.8 Å². The van der Waals surface area contributed by atoms with Crippen molar-refractivity contribution in [3.8, 4) is 0 Å². The topological polar surface area (TPSA) is 84.0 Å². The first kappa shape index (κ1) is 40.2. The van der Waals surface area contributed by atoms with Crippen molar-refractivity contribution in [3.05, 3.63) is 11.3 Å². The first-order valence-corrected chi connectivity index (χ1v) is 20.1. The van der Waals surface area contributed by atoms with Gasteiger partial charge in [-0.2, -0.15) is 4.98 Å². The third kappa shape index (κ3) is 20.3. The molecule has 1 heterocycles. The van der Waals surface area contributed by atoms with Crippen molar-refractivity contribution in [2.45, 2.75) is 219 Å². The van der Waals surface area contributed by atoms with Crippen LogP contribution in [-0.4, -0.2) is 21.8 Å². The van der Waals surface area contributed by atoms with Crippen LogP contribution in [0.2, 0.25) is 0 Å². The zero-order valence-corrected chi connectivity index (χ0v) is 30.3. The highest BCUT2D eigenvalue weighted by Gasteiger charge is 2.20. The molecule has 1 aliphatic rings. The standard InChI is InChI=1S/C40H72N4O2/c1-3-5-7-9-11-13-15-17-19-21-23-25-27-33-37(45)42-39-35-31-29-30-32-36(35)41-40(44-39)43-38(46)34-28-26-24-22-20-18-16-14-12-10-8-6-4-2/h3-34H2,1-2H3,(H2,41,42,43,44,45,46). The van der Waals surface area contributed by atoms with Gasteiger partial charge in [0.25, 0.3) is 0 Å². The first-order valence-electron chi connectivity index (χ1n) is 20.1. The zero-order valence-electron chi connectivity index (χ0n) is 30.3. The lowest BCUT2D eigenvalue weighted by Crippen LogP contribution is -2.21. The van der Waals surface area contributed by atoms with Crippen molar-refractivity contribution in [2.75, 3.05) is 10.6 Å². The molecular formula is C40H72N4O2. The molecular weight excluding hydrogens is 568 g/mol. The van der Waals surface area contributed by atoms with Crippen molar-refractivity contribution in [3.63, 3.8) is 0 Å². The van der Waals surface area contributed by atoms with Gasteiger partial charge < -0.3 is 5.32 Å². The van der Waals surface area contributed by atoms with Gasteiger partial charge in [0.05, 0.1) is 5.69 Å². The Kier molecular flexibility index (Phi) is 24.5. The number of aromatic nitrogens is 2. The van der Waals surface area contributed by atoms with E-state index in [-0.39, 0.29) is 11.8 Å². The van der Waals surface area contributed by atoms with Crippen molar-refractivity contribution < 1.29 is 9.59 Å². The number of fused-ring (bicyclic) bond motifs is 1. The van der Waals surface area contributed by atoms with Crippen LogP contribution in [0.15, 0.2) is 0 Å². The summed E-state index contributed by atoms with van der Waals surface area (Å²) in [5, 5.41) is 6.01. The number of rotatable bonds is 30. The van der Waals surface area contributed by atoms with E-state index in [0.29, 0.717) is 24.6 Å². The normalized spacial score (nSPS) is 12.7. The quantitative estimate of drug-likeness (QED) is 0.0819. The van der Waals surface area contributed by atoms with Crippen LogP contribution in [0.25, 0.3) is 0 Å². The smallest absolute Gasteiger partial charge is 0.231 e. The molecule has 0 unspecified atom stereocenters. The summed E-state index contributed by atoms with van der Waals surface area (Å²) >= 11 is 0. The SMILES string of the molecule is CCCCCCCCCCCCCCCC(=O)Nc1nc2c(c(NC(=O)CCCCCCCCCCCCCCC)n1)CCCC2. The Morgan fingerprint density at radius 1 is 0.478 bits per heavy atom. The van der Waals surface area contributed by atoms with E-state index in [2.05, 4.69) is 34.4 Å². The van der Waals surface area contributed by atoms with E-state index in [9.17, 15) is 9.59 Å². The van der Waals surface area contributed by atoms with Crippen LogP contribution in [0, 0.1) is 0 Å². The van der Waals surface area contributed by atoms with Gasteiger partial charge in [0.1, 0.15) is 5.82 Å². The number of hydrogen-bond donors (Lipinski definition) is 2. The second kappa shape index (κ2) is 28.1. The predicted octanol–water partition coefficient (Wildman–Crippen LogP) is 12.2. The fourth-order valence-electron chi connectivity index (χ4n) is 6.74. The Labute approximate surface area is 283 Å². The molecule has 6 nitrogen and oxygen atoms in total. The second-order valence-electron chi connectivity index (χ2n) is 14.1. The average molecular weight is 641 g/mol. The number of amides is 2. The van der Waals surface area contributed by atoms with Crippen LogP contribution in [0.3, 0.4) is 0 Å². The van der Waals surface area contributed by atoms with Crippen LogP contribution < -0.4 is 10.6 Å². The fraction of sp³-hybridized carbons (Fsp3) is 0.850. The van der Waals surface area contributed by atoms with Gasteiger partial charge in [-0.1, -0.05) is 168 Å². The maximum atomic E-state index is 12.8. The number of unbranched alkanes of at least 4 members (excludes halogenated alkanes) is 24. The first-order chi connectivity index (χ1) is 22.6. The summed E-state index contributed by atoms with van der Waals surface area (Å²) in [4.78, 5) is 34.8. The molecule has 0 radical (unpaired) electrons. The van der Waals surface area contributed by atoms with Gasteiger partial charge in [0.2, 0.25) is 17.8 Å².